The zero-order chi connectivity index (χ0) is 16.6. The first-order chi connectivity index (χ1) is 11.0. The number of aliphatic hydroxyl groups excluding tert-OH is 1. The zero-order valence-corrected chi connectivity index (χ0v) is 13.2. The van der Waals surface area contributed by atoms with Crippen molar-refractivity contribution in [3.05, 3.63) is 63.6 Å². The average Bonchev–Trinajstić information content (AvgIpc) is 2.55. The number of pyridine rings is 1. The predicted octanol–water partition coefficient (Wildman–Crippen LogP) is 1.91. The smallest absolute Gasteiger partial charge is 0.311 e. The molecule has 1 aliphatic rings. The van der Waals surface area contributed by atoms with Crippen LogP contribution in [0.1, 0.15) is 29.5 Å². The molecule has 1 aromatic carbocycles. The molecule has 1 heterocycles. The Morgan fingerprint density at radius 3 is 2.65 bits per heavy atom. The lowest BCUT2D eigenvalue weighted by molar-refractivity contribution is -0.150. The quantitative estimate of drug-likeness (QED) is 0.860. The number of benzene rings is 1. The number of aryl methyl sites for hydroxylation is 1. The molecule has 0 unspecified atom stereocenters. The maximum Gasteiger partial charge on any atom is 0.311 e. The largest absolute Gasteiger partial charge is 0.469 e. The normalized spacial score (nSPS) is 20.0. The van der Waals surface area contributed by atoms with E-state index in [1.165, 1.54) is 13.2 Å². The van der Waals surface area contributed by atoms with Crippen LogP contribution in [0.3, 0.4) is 0 Å². The first kappa shape index (κ1) is 15.5. The molecule has 2 aromatic rings. The summed E-state index contributed by atoms with van der Waals surface area (Å²) in [6.45, 7) is 1.87. The highest BCUT2D eigenvalue weighted by atomic mass is 16.5. The number of ether oxygens (including phenoxy) is 1. The summed E-state index contributed by atoms with van der Waals surface area (Å²) in [6.07, 6.45) is -0.136. The van der Waals surface area contributed by atoms with Gasteiger partial charge in [-0.1, -0.05) is 18.2 Å². The van der Waals surface area contributed by atoms with E-state index in [4.69, 9.17) is 4.74 Å². The Kier molecular flexibility index (Phi) is 4.05. The van der Waals surface area contributed by atoms with Crippen LogP contribution in [0.15, 0.2) is 41.2 Å². The number of methoxy groups -OCH3 is 1. The van der Waals surface area contributed by atoms with Crippen LogP contribution in [-0.4, -0.2) is 22.8 Å². The average molecular weight is 313 g/mol. The van der Waals surface area contributed by atoms with Crippen molar-refractivity contribution in [2.24, 2.45) is 5.92 Å². The van der Waals surface area contributed by atoms with Gasteiger partial charge in [-0.2, -0.15) is 0 Å². The molecule has 0 aliphatic heterocycles. The molecule has 0 amide bonds. The molecule has 1 aliphatic carbocycles. The van der Waals surface area contributed by atoms with Crippen molar-refractivity contribution >= 4 is 5.97 Å². The van der Waals surface area contributed by atoms with Crippen LogP contribution in [0.5, 0.6) is 0 Å². The van der Waals surface area contributed by atoms with Crippen LogP contribution in [0, 0.1) is 12.8 Å². The van der Waals surface area contributed by atoms with Gasteiger partial charge in [-0.05, 0) is 31.9 Å². The number of aromatic nitrogens is 1. The van der Waals surface area contributed by atoms with Crippen molar-refractivity contribution < 1.29 is 14.6 Å². The number of fused-ring (bicyclic) bond motifs is 1. The van der Waals surface area contributed by atoms with Gasteiger partial charge in [-0.25, -0.2) is 0 Å². The molecule has 1 N–H and O–H groups in total. The molecular formula is C18H19NO4. The number of esters is 1. The summed E-state index contributed by atoms with van der Waals surface area (Å²) in [7, 11) is 1.29. The first-order valence-corrected chi connectivity index (χ1v) is 7.61. The van der Waals surface area contributed by atoms with Crippen molar-refractivity contribution in [1.29, 1.82) is 0 Å². The van der Waals surface area contributed by atoms with E-state index in [2.05, 4.69) is 0 Å². The summed E-state index contributed by atoms with van der Waals surface area (Å²) in [4.78, 5) is 24.2. The fraction of sp³-hybridized carbons (Fsp3) is 0.333. The number of hydrogen-bond donors (Lipinski definition) is 1. The number of rotatable bonds is 2. The Balaban J connectivity index is 2.19. The first-order valence-electron chi connectivity index (χ1n) is 7.61. The van der Waals surface area contributed by atoms with Crippen molar-refractivity contribution in [2.45, 2.75) is 25.9 Å². The van der Waals surface area contributed by atoms with Crippen LogP contribution >= 0.6 is 0 Å². The molecule has 120 valence electrons. The second-order valence-electron chi connectivity index (χ2n) is 5.79. The van der Waals surface area contributed by atoms with E-state index in [1.54, 1.807) is 0 Å². The van der Waals surface area contributed by atoms with E-state index in [-0.39, 0.29) is 5.43 Å². The Bertz CT molecular complexity index is 795. The number of para-hydroxylation sites is 1. The lowest BCUT2D eigenvalue weighted by Crippen LogP contribution is -2.35. The second kappa shape index (κ2) is 6.01. The van der Waals surface area contributed by atoms with Gasteiger partial charge in [0.2, 0.25) is 0 Å². The van der Waals surface area contributed by atoms with Crippen LogP contribution in [0.4, 0.5) is 0 Å². The Morgan fingerprint density at radius 2 is 2.00 bits per heavy atom. The number of carbonyl (C=O) groups is 1. The van der Waals surface area contributed by atoms with Crippen LogP contribution in [0.25, 0.3) is 5.69 Å². The number of hydrogen-bond acceptors (Lipinski definition) is 4. The maximum atomic E-state index is 12.4. The number of aliphatic hydroxyl groups is 1. The minimum Gasteiger partial charge on any atom is -0.469 e. The SMILES string of the molecule is COC(=O)[C@H]1CCc2c(c(=O)cc(C)n2-c2ccccc2)[C@@H]1O. The molecule has 0 saturated carbocycles. The zero-order valence-electron chi connectivity index (χ0n) is 13.2. The third kappa shape index (κ3) is 2.57. The third-order valence-corrected chi connectivity index (χ3v) is 4.43. The molecule has 0 spiro atoms. The van der Waals surface area contributed by atoms with E-state index >= 15 is 0 Å². The van der Waals surface area contributed by atoms with Crippen LogP contribution in [0.2, 0.25) is 0 Å². The van der Waals surface area contributed by atoms with Gasteiger partial charge in [0, 0.05) is 28.7 Å². The lowest BCUT2D eigenvalue weighted by Gasteiger charge is -2.30. The van der Waals surface area contributed by atoms with Gasteiger partial charge >= 0.3 is 5.97 Å². The van der Waals surface area contributed by atoms with E-state index in [0.717, 1.165) is 17.1 Å². The third-order valence-electron chi connectivity index (χ3n) is 4.43. The van der Waals surface area contributed by atoms with E-state index in [9.17, 15) is 14.7 Å². The summed E-state index contributed by atoms with van der Waals surface area (Å²) in [6, 6.07) is 11.2. The molecule has 0 fully saturated rings. The molecule has 23 heavy (non-hydrogen) atoms. The fourth-order valence-electron chi connectivity index (χ4n) is 3.36. The Morgan fingerprint density at radius 1 is 1.30 bits per heavy atom. The minimum atomic E-state index is -1.13. The fourth-order valence-corrected chi connectivity index (χ4v) is 3.36. The number of carbonyl (C=O) groups excluding carboxylic acids is 1. The molecule has 5 nitrogen and oxygen atoms in total. The van der Waals surface area contributed by atoms with Gasteiger partial charge in [-0.3, -0.25) is 9.59 Å². The molecule has 0 radical (unpaired) electrons. The van der Waals surface area contributed by atoms with Gasteiger partial charge in [-0.15, -0.1) is 0 Å². The topological polar surface area (TPSA) is 68.5 Å². The molecule has 0 bridgehead atoms. The highest BCUT2D eigenvalue weighted by Gasteiger charge is 2.37. The maximum absolute atomic E-state index is 12.4. The van der Waals surface area contributed by atoms with Crippen molar-refractivity contribution in [3.8, 4) is 5.69 Å². The summed E-state index contributed by atoms with van der Waals surface area (Å²) in [5, 5.41) is 10.6. The summed E-state index contributed by atoms with van der Waals surface area (Å²) < 4.78 is 6.73. The molecule has 2 atom stereocenters. The van der Waals surface area contributed by atoms with Gasteiger partial charge in [0.15, 0.2) is 5.43 Å². The second-order valence-corrected chi connectivity index (χ2v) is 5.79. The molecule has 0 saturated heterocycles. The standard InChI is InChI=1S/C18H19NO4/c1-11-10-15(20)16-14(19(11)12-6-4-3-5-7-12)9-8-13(17(16)21)18(22)23-2/h3-7,10,13,17,21H,8-9H2,1-2H3/t13-,17+/m0/s1. The minimum absolute atomic E-state index is 0.231. The highest BCUT2D eigenvalue weighted by Crippen LogP contribution is 2.34. The van der Waals surface area contributed by atoms with Crippen molar-refractivity contribution in [1.82, 2.24) is 4.57 Å². The van der Waals surface area contributed by atoms with Crippen LogP contribution in [-0.2, 0) is 16.0 Å². The van der Waals surface area contributed by atoms with E-state index in [0.29, 0.717) is 18.4 Å². The van der Waals surface area contributed by atoms with Gasteiger partial charge in [0.1, 0.15) is 0 Å². The molecule has 1 aromatic heterocycles. The Hall–Kier alpha value is -2.40. The van der Waals surface area contributed by atoms with Gasteiger partial charge < -0.3 is 14.4 Å². The van der Waals surface area contributed by atoms with Crippen molar-refractivity contribution in [3.63, 3.8) is 0 Å². The van der Waals surface area contributed by atoms with Crippen molar-refractivity contribution in [2.75, 3.05) is 7.11 Å². The molecular weight excluding hydrogens is 294 g/mol. The molecule has 3 rings (SSSR count). The summed E-state index contributed by atoms with van der Waals surface area (Å²) >= 11 is 0. The predicted molar refractivity (Wildman–Crippen MR) is 85.6 cm³/mol. The summed E-state index contributed by atoms with van der Waals surface area (Å²) in [5.74, 6) is -1.17. The van der Waals surface area contributed by atoms with Gasteiger partial charge in [0.25, 0.3) is 0 Å². The monoisotopic (exact) mass is 313 g/mol. The van der Waals surface area contributed by atoms with Crippen LogP contribution < -0.4 is 5.43 Å². The van der Waals surface area contributed by atoms with E-state index < -0.39 is 18.0 Å². The molecule has 5 heteroatoms. The van der Waals surface area contributed by atoms with E-state index in [1.807, 2.05) is 41.8 Å². The number of nitrogens with zero attached hydrogens (tertiary/aromatic N) is 1. The summed E-state index contributed by atoms with van der Waals surface area (Å²) in [5.41, 5.74) is 2.59. The lowest BCUT2D eigenvalue weighted by atomic mass is 9.83. The highest BCUT2D eigenvalue weighted by molar-refractivity contribution is 5.73. The Labute approximate surface area is 134 Å². The van der Waals surface area contributed by atoms with Gasteiger partial charge in [0.05, 0.1) is 19.1 Å².